The first-order valence-electron chi connectivity index (χ1n) is 7.92. The van der Waals surface area contributed by atoms with Crippen LogP contribution in [0.5, 0.6) is 0 Å². The number of nitrogens with one attached hydrogen (secondary N) is 1. The van der Waals surface area contributed by atoms with Gasteiger partial charge in [-0.2, -0.15) is 0 Å². The highest BCUT2D eigenvalue weighted by molar-refractivity contribution is 6.10. The summed E-state index contributed by atoms with van der Waals surface area (Å²) in [6, 6.07) is 20.8. The number of para-hydroxylation sites is 1. The Bertz CT molecular complexity index is 990. The lowest BCUT2D eigenvalue weighted by Gasteiger charge is -2.09. The number of nitrogens with two attached hydrogens (primary N) is 1. The van der Waals surface area contributed by atoms with Crippen molar-refractivity contribution in [3.63, 3.8) is 0 Å². The lowest BCUT2D eigenvalue weighted by molar-refractivity contribution is -0.112. The molecule has 25 heavy (non-hydrogen) atoms. The van der Waals surface area contributed by atoms with E-state index in [9.17, 15) is 9.59 Å². The van der Waals surface area contributed by atoms with E-state index in [1.165, 1.54) is 0 Å². The molecule has 0 atom stereocenters. The minimum atomic E-state index is -0.577. The number of anilines is 1. The Morgan fingerprint density at radius 1 is 0.920 bits per heavy atom. The first-order chi connectivity index (χ1) is 12.0. The Morgan fingerprint density at radius 3 is 2.36 bits per heavy atom. The van der Waals surface area contributed by atoms with Crippen LogP contribution in [0.4, 0.5) is 5.69 Å². The third-order valence-electron chi connectivity index (χ3n) is 3.96. The molecule has 0 aromatic heterocycles. The summed E-state index contributed by atoms with van der Waals surface area (Å²) >= 11 is 0. The van der Waals surface area contributed by atoms with Gasteiger partial charge in [-0.1, -0.05) is 48.5 Å². The van der Waals surface area contributed by atoms with Gasteiger partial charge in [-0.15, -0.1) is 0 Å². The molecule has 0 heterocycles. The minimum Gasteiger partial charge on any atom is -0.366 e. The molecule has 0 aliphatic carbocycles. The van der Waals surface area contributed by atoms with Gasteiger partial charge in [0.25, 0.3) is 11.8 Å². The lowest BCUT2D eigenvalue weighted by Crippen LogP contribution is -2.18. The quantitative estimate of drug-likeness (QED) is 0.710. The normalized spacial score (nSPS) is 11.3. The maximum absolute atomic E-state index is 12.4. The van der Waals surface area contributed by atoms with Gasteiger partial charge in [0, 0.05) is 5.57 Å². The third kappa shape index (κ3) is 3.75. The van der Waals surface area contributed by atoms with Gasteiger partial charge in [-0.3, -0.25) is 9.59 Å². The van der Waals surface area contributed by atoms with Crippen LogP contribution in [-0.4, -0.2) is 11.8 Å². The van der Waals surface area contributed by atoms with Crippen molar-refractivity contribution in [3.8, 4) is 0 Å². The average molecular weight is 330 g/mol. The van der Waals surface area contributed by atoms with E-state index in [-0.39, 0.29) is 11.5 Å². The van der Waals surface area contributed by atoms with Crippen molar-refractivity contribution < 1.29 is 9.59 Å². The molecule has 0 radical (unpaired) electrons. The monoisotopic (exact) mass is 330 g/mol. The summed E-state index contributed by atoms with van der Waals surface area (Å²) in [7, 11) is 0. The Morgan fingerprint density at radius 2 is 1.60 bits per heavy atom. The van der Waals surface area contributed by atoms with Gasteiger partial charge in [-0.25, -0.2) is 0 Å². The SMILES string of the molecule is C/C(=C\c1ccc2ccccc2c1)C(=O)Nc1ccccc1C(N)=O. The summed E-state index contributed by atoms with van der Waals surface area (Å²) < 4.78 is 0. The summed E-state index contributed by atoms with van der Waals surface area (Å²) in [5, 5.41) is 5.01. The van der Waals surface area contributed by atoms with Crippen molar-refractivity contribution in [2.45, 2.75) is 6.92 Å². The van der Waals surface area contributed by atoms with E-state index in [2.05, 4.69) is 5.32 Å². The standard InChI is InChI=1S/C21H18N2O2/c1-14(12-15-10-11-16-6-2-3-7-17(16)13-15)21(25)23-19-9-5-4-8-18(19)20(22)24/h2-13H,1H3,(H2,22,24)(H,23,25)/b14-12+. The van der Waals surface area contributed by atoms with Crippen molar-refractivity contribution in [1.82, 2.24) is 0 Å². The van der Waals surface area contributed by atoms with Crippen LogP contribution >= 0.6 is 0 Å². The van der Waals surface area contributed by atoms with Gasteiger partial charge < -0.3 is 11.1 Å². The van der Waals surface area contributed by atoms with Crippen molar-refractivity contribution in [2.75, 3.05) is 5.32 Å². The van der Waals surface area contributed by atoms with Crippen LogP contribution in [-0.2, 0) is 4.79 Å². The van der Waals surface area contributed by atoms with E-state index >= 15 is 0 Å². The van der Waals surface area contributed by atoms with Crippen LogP contribution < -0.4 is 11.1 Å². The molecule has 0 saturated heterocycles. The van der Waals surface area contributed by atoms with Crippen molar-refractivity contribution in [1.29, 1.82) is 0 Å². The molecule has 2 amide bonds. The molecule has 124 valence electrons. The number of primary amides is 1. The van der Waals surface area contributed by atoms with Gasteiger partial charge in [0.15, 0.2) is 0 Å². The van der Waals surface area contributed by atoms with Gasteiger partial charge in [-0.05, 0) is 47.5 Å². The van der Waals surface area contributed by atoms with Crippen LogP contribution in [0.2, 0.25) is 0 Å². The summed E-state index contributed by atoms with van der Waals surface area (Å²) in [5.41, 5.74) is 7.51. The van der Waals surface area contributed by atoms with Crippen molar-refractivity contribution in [2.24, 2.45) is 5.73 Å². The predicted octanol–water partition coefficient (Wildman–Crippen LogP) is 3.98. The minimum absolute atomic E-state index is 0.276. The van der Waals surface area contributed by atoms with Gasteiger partial charge >= 0.3 is 0 Å². The topological polar surface area (TPSA) is 72.2 Å². The van der Waals surface area contributed by atoms with E-state index in [1.54, 1.807) is 31.2 Å². The molecule has 0 bridgehead atoms. The number of benzene rings is 3. The molecule has 3 aromatic carbocycles. The van der Waals surface area contributed by atoms with Crippen molar-refractivity contribution >= 4 is 34.4 Å². The Labute approximate surface area is 146 Å². The van der Waals surface area contributed by atoms with E-state index < -0.39 is 5.91 Å². The summed E-state index contributed by atoms with van der Waals surface area (Å²) in [6.07, 6.45) is 1.81. The van der Waals surface area contributed by atoms with Crippen LogP contribution in [0.15, 0.2) is 72.3 Å². The number of hydrogen-bond donors (Lipinski definition) is 2. The van der Waals surface area contributed by atoms with Crippen LogP contribution in [0, 0.1) is 0 Å². The number of amides is 2. The smallest absolute Gasteiger partial charge is 0.251 e. The van der Waals surface area contributed by atoms with Crippen LogP contribution in [0.1, 0.15) is 22.8 Å². The summed E-state index contributed by atoms with van der Waals surface area (Å²) in [6.45, 7) is 1.73. The predicted molar refractivity (Wildman–Crippen MR) is 101 cm³/mol. The highest BCUT2D eigenvalue weighted by Crippen LogP contribution is 2.19. The fourth-order valence-electron chi connectivity index (χ4n) is 2.64. The largest absolute Gasteiger partial charge is 0.366 e. The first-order valence-corrected chi connectivity index (χ1v) is 7.92. The number of rotatable bonds is 4. The molecule has 4 nitrogen and oxygen atoms in total. The van der Waals surface area contributed by atoms with Gasteiger partial charge in [0.2, 0.25) is 0 Å². The van der Waals surface area contributed by atoms with Crippen molar-refractivity contribution in [3.05, 3.63) is 83.4 Å². The zero-order valence-corrected chi connectivity index (χ0v) is 13.8. The molecule has 0 fully saturated rings. The molecule has 0 saturated carbocycles. The fourth-order valence-corrected chi connectivity index (χ4v) is 2.64. The molecule has 0 aliphatic rings. The van der Waals surface area contributed by atoms with E-state index in [1.807, 2.05) is 48.5 Å². The molecule has 0 unspecified atom stereocenters. The molecular formula is C21H18N2O2. The highest BCUT2D eigenvalue weighted by atomic mass is 16.2. The Balaban J connectivity index is 1.84. The van der Waals surface area contributed by atoms with Crippen LogP contribution in [0.25, 0.3) is 16.8 Å². The number of carbonyl (C=O) groups excluding carboxylic acids is 2. The molecule has 0 spiro atoms. The molecule has 3 rings (SSSR count). The second-order valence-electron chi connectivity index (χ2n) is 5.80. The average Bonchev–Trinajstić information content (AvgIpc) is 2.61. The summed E-state index contributed by atoms with van der Waals surface area (Å²) in [5.74, 6) is -0.853. The van der Waals surface area contributed by atoms with E-state index in [0.717, 1.165) is 16.3 Å². The maximum atomic E-state index is 12.4. The van der Waals surface area contributed by atoms with Gasteiger partial charge in [0.1, 0.15) is 0 Å². The Kier molecular flexibility index (Phi) is 4.61. The van der Waals surface area contributed by atoms with Gasteiger partial charge in [0.05, 0.1) is 11.3 Å². The van der Waals surface area contributed by atoms with E-state index in [4.69, 9.17) is 5.73 Å². The maximum Gasteiger partial charge on any atom is 0.251 e. The first kappa shape index (κ1) is 16.5. The molecular weight excluding hydrogens is 312 g/mol. The molecule has 3 N–H and O–H groups in total. The second kappa shape index (κ2) is 7.01. The molecule has 4 heteroatoms. The summed E-state index contributed by atoms with van der Waals surface area (Å²) in [4.78, 5) is 23.9. The lowest BCUT2D eigenvalue weighted by atomic mass is 10.0. The highest BCUT2D eigenvalue weighted by Gasteiger charge is 2.11. The number of hydrogen-bond acceptors (Lipinski definition) is 2. The molecule has 3 aromatic rings. The molecule has 0 aliphatic heterocycles. The number of carbonyl (C=O) groups is 2. The zero-order valence-electron chi connectivity index (χ0n) is 13.8. The number of fused-ring (bicyclic) bond motifs is 1. The Hall–Kier alpha value is -3.40. The zero-order chi connectivity index (χ0) is 17.8. The fraction of sp³-hybridized carbons (Fsp3) is 0.0476. The van der Waals surface area contributed by atoms with Crippen LogP contribution in [0.3, 0.4) is 0 Å². The van der Waals surface area contributed by atoms with E-state index in [0.29, 0.717) is 11.3 Å². The third-order valence-corrected chi connectivity index (χ3v) is 3.96. The second-order valence-corrected chi connectivity index (χ2v) is 5.80.